The van der Waals surface area contributed by atoms with Crippen molar-refractivity contribution in [3.8, 4) is 10.8 Å². The Balaban J connectivity index is 2.12. The summed E-state index contributed by atoms with van der Waals surface area (Å²) in [6.07, 6.45) is 0. The van der Waals surface area contributed by atoms with Crippen LogP contribution >= 0.6 is 11.3 Å². The van der Waals surface area contributed by atoms with E-state index >= 15 is 0 Å². The number of nitrogens with zero attached hydrogens (tertiary/aromatic N) is 1. The molecule has 0 saturated heterocycles. The Morgan fingerprint density at radius 2 is 2.32 bits per heavy atom. The topological polar surface area (TPSA) is 75.4 Å². The molecule has 2 heterocycles. The van der Waals surface area contributed by atoms with Gasteiger partial charge in [0, 0.05) is 6.54 Å². The monoisotopic (exact) mass is 280 g/mol. The SMILES string of the molecule is Cc1oc(-c2cccs2)nc1CNC(C)(C)C(=O)O. The summed E-state index contributed by atoms with van der Waals surface area (Å²) in [7, 11) is 0. The zero-order valence-corrected chi connectivity index (χ0v) is 11.9. The number of aliphatic carboxylic acids is 1. The number of carbonyl (C=O) groups is 1. The summed E-state index contributed by atoms with van der Waals surface area (Å²) < 4.78 is 5.60. The summed E-state index contributed by atoms with van der Waals surface area (Å²) in [6.45, 7) is 5.42. The second kappa shape index (κ2) is 5.14. The Morgan fingerprint density at radius 3 is 2.89 bits per heavy atom. The van der Waals surface area contributed by atoms with E-state index in [4.69, 9.17) is 9.52 Å². The fourth-order valence-corrected chi connectivity index (χ4v) is 2.13. The van der Waals surface area contributed by atoms with Crippen molar-refractivity contribution in [3.63, 3.8) is 0 Å². The van der Waals surface area contributed by atoms with Crippen LogP contribution in [0.5, 0.6) is 0 Å². The standard InChI is InChI=1S/C13H16N2O3S/c1-8-9(7-14-13(2,3)12(16)17)15-11(18-8)10-5-4-6-19-10/h4-6,14H,7H2,1-3H3,(H,16,17). The van der Waals surface area contributed by atoms with E-state index < -0.39 is 11.5 Å². The first-order chi connectivity index (χ1) is 8.90. The van der Waals surface area contributed by atoms with Gasteiger partial charge in [0.1, 0.15) is 11.3 Å². The van der Waals surface area contributed by atoms with Crippen LogP contribution in [0.4, 0.5) is 0 Å². The zero-order valence-electron chi connectivity index (χ0n) is 11.1. The van der Waals surface area contributed by atoms with Gasteiger partial charge in [-0.05, 0) is 32.2 Å². The lowest BCUT2D eigenvalue weighted by Crippen LogP contribution is -2.46. The number of nitrogens with one attached hydrogen (secondary N) is 1. The smallest absolute Gasteiger partial charge is 0.323 e. The van der Waals surface area contributed by atoms with Crippen molar-refractivity contribution in [2.24, 2.45) is 0 Å². The van der Waals surface area contributed by atoms with E-state index in [9.17, 15) is 4.79 Å². The molecule has 5 nitrogen and oxygen atoms in total. The Labute approximate surface area is 115 Å². The van der Waals surface area contributed by atoms with Crippen LogP contribution in [-0.4, -0.2) is 21.6 Å². The van der Waals surface area contributed by atoms with Crippen LogP contribution in [-0.2, 0) is 11.3 Å². The average molecular weight is 280 g/mol. The van der Waals surface area contributed by atoms with Crippen molar-refractivity contribution in [2.75, 3.05) is 0 Å². The quantitative estimate of drug-likeness (QED) is 0.880. The lowest BCUT2D eigenvalue weighted by atomic mass is 10.1. The normalized spacial score (nSPS) is 11.7. The molecule has 6 heteroatoms. The predicted molar refractivity (Wildman–Crippen MR) is 73.1 cm³/mol. The van der Waals surface area contributed by atoms with Gasteiger partial charge in [-0.1, -0.05) is 6.07 Å². The molecule has 2 rings (SSSR count). The van der Waals surface area contributed by atoms with Crippen LogP contribution in [0.1, 0.15) is 25.3 Å². The minimum Gasteiger partial charge on any atom is -0.480 e. The summed E-state index contributed by atoms with van der Waals surface area (Å²) in [5.41, 5.74) is -0.258. The van der Waals surface area contributed by atoms with E-state index in [1.165, 1.54) is 0 Å². The third-order valence-electron chi connectivity index (χ3n) is 2.86. The Kier molecular flexibility index (Phi) is 3.73. The van der Waals surface area contributed by atoms with Crippen molar-refractivity contribution in [1.82, 2.24) is 10.3 Å². The fourth-order valence-electron chi connectivity index (χ4n) is 1.48. The third kappa shape index (κ3) is 3.02. The Bertz CT molecular complexity index is 573. The number of rotatable bonds is 5. The molecule has 0 spiro atoms. The molecule has 0 fully saturated rings. The lowest BCUT2D eigenvalue weighted by Gasteiger charge is -2.20. The highest BCUT2D eigenvalue weighted by atomic mass is 32.1. The van der Waals surface area contributed by atoms with Gasteiger partial charge < -0.3 is 9.52 Å². The van der Waals surface area contributed by atoms with Gasteiger partial charge in [0.15, 0.2) is 0 Å². The largest absolute Gasteiger partial charge is 0.480 e. The van der Waals surface area contributed by atoms with Crippen LogP contribution in [0, 0.1) is 6.92 Å². The number of aromatic nitrogens is 1. The van der Waals surface area contributed by atoms with Gasteiger partial charge in [-0.2, -0.15) is 0 Å². The molecule has 2 aromatic heterocycles. The molecule has 0 saturated carbocycles. The number of aryl methyl sites for hydroxylation is 1. The highest BCUT2D eigenvalue weighted by molar-refractivity contribution is 7.13. The van der Waals surface area contributed by atoms with E-state index in [-0.39, 0.29) is 0 Å². The molecule has 0 radical (unpaired) electrons. The van der Waals surface area contributed by atoms with Crippen LogP contribution in [0.15, 0.2) is 21.9 Å². The van der Waals surface area contributed by atoms with Gasteiger partial charge in [-0.25, -0.2) is 4.98 Å². The van der Waals surface area contributed by atoms with Gasteiger partial charge >= 0.3 is 5.97 Å². The first-order valence-electron chi connectivity index (χ1n) is 5.89. The number of hydrogen-bond donors (Lipinski definition) is 2. The molecule has 0 aromatic carbocycles. The number of carboxylic acids is 1. The molecule has 0 unspecified atom stereocenters. The molecule has 2 N–H and O–H groups in total. The second-order valence-corrected chi connectivity index (χ2v) is 5.73. The molecule has 0 atom stereocenters. The average Bonchev–Trinajstić information content (AvgIpc) is 2.95. The van der Waals surface area contributed by atoms with Crippen LogP contribution in [0.3, 0.4) is 0 Å². The first-order valence-corrected chi connectivity index (χ1v) is 6.77. The molecular formula is C13H16N2O3S. The summed E-state index contributed by atoms with van der Waals surface area (Å²) >= 11 is 1.56. The van der Waals surface area contributed by atoms with E-state index in [0.29, 0.717) is 18.2 Å². The van der Waals surface area contributed by atoms with E-state index in [1.54, 1.807) is 25.2 Å². The van der Waals surface area contributed by atoms with Crippen LogP contribution in [0.25, 0.3) is 10.8 Å². The number of thiophene rings is 1. The van der Waals surface area contributed by atoms with Gasteiger partial charge in [0.25, 0.3) is 0 Å². The fraction of sp³-hybridized carbons (Fsp3) is 0.385. The molecule has 2 aromatic rings. The second-order valence-electron chi connectivity index (χ2n) is 4.78. The molecule has 102 valence electrons. The van der Waals surface area contributed by atoms with Crippen molar-refractivity contribution in [2.45, 2.75) is 32.9 Å². The molecular weight excluding hydrogens is 264 g/mol. The van der Waals surface area contributed by atoms with Crippen molar-refractivity contribution >= 4 is 17.3 Å². The summed E-state index contributed by atoms with van der Waals surface area (Å²) in [5, 5.41) is 14.0. The van der Waals surface area contributed by atoms with Crippen molar-refractivity contribution < 1.29 is 14.3 Å². The summed E-state index contributed by atoms with van der Waals surface area (Å²) in [4.78, 5) is 16.4. The molecule has 0 aliphatic rings. The minimum atomic E-state index is -0.992. The van der Waals surface area contributed by atoms with Crippen LogP contribution in [0.2, 0.25) is 0 Å². The summed E-state index contributed by atoms with van der Waals surface area (Å²) in [6, 6.07) is 3.87. The maximum atomic E-state index is 11.0. The van der Waals surface area contributed by atoms with Gasteiger partial charge in [0.2, 0.25) is 5.89 Å². The zero-order chi connectivity index (χ0) is 14.0. The van der Waals surface area contributed by atoms with Gasteiger partial charge in [-0.3, -0.25) is 10.1 Å². The van der Waals surface area contributed by atoms with Crippen LogP contribution < -0.4 is 5.32 Å². The predicted octanol–water partition coefficient (Wildman–Crippen LogP) is 2.66. The molecule has 0 bridgehead atoms. The van der Waals surface area contributed by atoms with E-state index in [2.05, 4.69) is 10.3 Å². The lowest BCUT2D eigenvalue weighted by molar-refractivity contribution is -0.143. The summed E-state index contributed by atoms with van der Waals surface area (Å²) in [5.74, 6) is 0.390. The minimum absolute atomic E-state index is 0.361. The number of carboxylic acid groups (broad SMARTS) is 1. The van der Waals surface area contributed by atoms with Crippen molar-refractivity contribution in [3.05, 3.63) is 29.0 Å². The highest BCUT2D eigenvalue weighted by Crippen LogP contribution is 2.25. The Hall–Kier alpha value is -1.66. The van der Waals surface area contributed by atoms with Crippen molar-refractivity contribution in [1.29, 1.82) is 0 Å². The molecule has 19 heavy (non-hydrogen) atoms. The third-order valence-corrected chi connectivity index (χ3v) is 3.71. The first kappa shape index (κ1) is 13.8. The van der Waals surface area contributed by atoms with Gasteiger partial charge in [0.05, 0.1) is 10.6 Å². The maximum Gasteiger partial charge on any atom is 0.323 e. The highest BCUT2D eigenvalue weighted by Gasteiger charge is 2.27. The molecule has 0 aliphatic carbocycles. The molecule has 0 amide bonds. The van der Waals surface area contributed by atoms with Gasteiger partial charge in [-0.15, -0.1) is 11.3 Å². The maximum absolute atomic E-state index is 11.0. The molecule has 0 aliphatic heterocycles. The number of oxazole rings is 1. The Morgan fingerprint density at radius 1 is 1.58 bits per heavy atom. The van der Waals surface area contributed by atoms with E-state index in [0.717, 1.165) is 10.6 Å². The van der Waals surface area contributed by atoms with E-state index in [1.807, 2.05) is 24.4 Å². The number of hydrogen-bond acceptors (Lipinski definition) is 5.